The molecule has 0 spiro atoms. The van der Waals surface area contributed by atoms with Crippen molar-refractivity contribution in [2.45, 2.75) is 52.6 Å². The normalized spacial score (nSPS) is 11.8. The average Bonchev–Trinajstić information content (AvgIpc) is 3.41. The largest absolute Gasteiger partial charge is 0.349 e. The van der Waals surface area contributed by atoms with Gasteiger partial charge in [0.15, 0.2) is 0 Å². The van der Waals surface area contributed by atoms with E-state index in [0.29, 0.717) is 28.2 Å². The zero-order valence-corrected chi connectivity index (χ0v) is 23.1. The molecule has 0 aliphatic rings. The predicted molar refractivity (Wildman–Crippen MR) is 151 cm³/mol. The van der Waals surface area contributed by atoms with E-state index in [-0.39, 0.29) is 24.3 Å². The van der Waals surface area contributed by atoms with E-state index in [1.807, 2.05) is 52.0 Å². The van der Waals surface area contributed by atoms with Gasteiger partial charge in [-0.2, -0.15) is 0 Å². The Labute approximate surface area is 227 Å². The van der Waals surface area contributed by atoms with Crippen LogP contribution in [0.15, 0.2) is 66.0 Å². The van der Waals surface area contributed by atoms with E-state index >= 15 is 0 Å². The third-order valence-electron chi connectivity index (χ3n) is 6.12. The SMILES string of the molecule is CCC(C)(C)NC(=O)[C@H](c1ccc(C)cc1)N(C(=O)CNC(=O)c1cccs1)c1ccc(NC(C)=O)cc1. The topological polar surface area (TPSA) is 108 Å². The van der Waals surface area contributed by atoms with Crippen molar-refractivity contribution in [3.8, 4) is 0 Å². The number of hydrogen-bond donors (Lipinski definition) is 3. The van der Waals surface area contributed by atoms with Gasteiger partial charge in [0.2, 0.25) is 17.7 Å². The van der Waals surface area contributed by atoms with Gasteiger partial charge in [-0.25, -0.2) is 0 Å². The third-order valence-corrected chi connectivity index (χ3v) is 6.99. The summed E-state index contributed by atoms with van der Waals surface area (Å²) < 4.78 is 0. The maximum absolute atomic E-state index is 13.8. The Morgan fingerprint density at radius 1 is 0.974 bits per heavy atom. The number of carbonyl (C=O) groups excluding carboxylic acids is 4. The first-order valence-electron chi connectivity index (χ1n) is 12.4. The molecule has 0 aliphatic heterocycles. The Balaban J connectivity index is 2.04. The maximum atomic E-state index is 13.8. The van der Waals surface area contributed by atoms with Gasteiger partial charge in [0, 0.05) is 23.8 Å². The van der Waals surface area contributed by atoms with E-state index in [4.69, 9.17) is 0 Å². The first-order chi connectivity index (χ1) is 18.0. The molecular weight excluding hydrogens is 500 g/mol. The lowest BCUT2D eigenvalue weighted by Crippen LogP contribution is -2.52. The number of anilines is 2. The zero-order valence-electron chi connectivity index (χ0n) is 22.3. The fourth-order valence-corrected chi connectivity index (χ4v) is 4.38. The lowest BCUT2D eigenvalue weighted by Gasteiger charge is -2.34. The molecule has 0 aliphatic carbocycles. The number of benzene rings is 2. The van der Waals surface area contributed by atoms with Crippen molar-refractivity contribution < 1.29 is 19.2 Å². The van der Waals surface area contributed by atoms with Gasteiger partial charge in [0.1, 0.15) is 6.04 Å². The molecular formula is C29H34N4O4S. The van der Waals surface area contributed by atoms with Crippen LogP contribution in [0.2, 0.25) is 0 Å². The highest BCUT2D eigenvalue weighted by molar-refractivity contribution is 7.12. The van der Waals surface area contributed by atoms with Crippen molar-refractivity contribution in [1.82, 2.24) is 10.6 Å². The van der Waals surface area contributed by atoms with Gasteiger partial charge >= 0.3 is 0 Å². The van der Waals surface area contributed by atoms with Crippen LogP contribution in [0.3, 0.4) is 0 Å². The van der Waals surface area contributed by atoms with Crippen LogP contribution in [-0.4, -0.2) is 35.7 Å². The summed E-state index contributed by atoms with van der Waals surface area (Å²) in [4.78, 5) is 53.5. The van der Waals surface area contributed by atoms with Gasteiger partial charge in [0.05, 0.1) is 11.4 Å². The van der Waals surface area contributed by atoms with Crippen LogP contribution in [-0.2, 0) is 14.4 Å². The minimum atomic E-state index is -1.00. The highest BCUT2D eigenvalue weighted by Crippen LogP contribution is 2.30. The molecule has 3 aromatic rings. The summed E-state index contributed by atoms with van der Waals surface area (Å²) >= 11 is 1.28. The number of hydrogen-bond acceptors (Lipinski definition) is 5. The summed E-state index contributed by atoms with van der Waals surface area (Å²) in [5.74, 6) is -1.39. The lowest BCUT2D eigenvalue weighted by atomic mass is 9.97. The number of nitrogens with one attached hydrogen (secondary N) is 3. The monoisotopic (exact) mass is 534 g/mol. The lowest BCUT2D eigenvalue weighted by molar-refractivity contribution is -0.127. The van der Waals surface area contributed by atoms with Crippen molar-refractivity contribution in [1.29, 1.82) is 0 Å². The van der Waals surface area contributed by atoms with Crippen molar-refractivity contribution in [3.63, 3.8) is 0 Å². The summed E-state index contributed by atoms with van der Waals surface area (Å²) in [7, 11) is 0. The minimum Gasteiger partial charge on any atom is -0.349 e. The molecule has 38 heavy (non-hydrogen) atoms. The first kappa shape index (κ1) is 28.6. The summed E-state index contributed by atoms with van der Waals surface area (Å²) in [6, 6.07) is 16.6. The molecule has 3 N–H and O–H groups in total. The molecule has 0 fully saturated rings. The summed E-state index contributed by atoms with van der Waals surface area (Å²) in [5, 5.41) is 10.2. The van der Waals surface area contributed by atoms with Gasteiger partial charge in [-0.05, 0) is 68.5 Å². The Morgan fingerprint density at radius 2 is 1.63 bits per heavy atom. The molecule has 0 saturated carbocycles. The van der Waals surface area contributed by atoms with E-state index in [0.717, 1.165) is 5.56 Å². The fourth-order valence-electron chi connectivity index (χ4n) is 3.74. The van der Waals surface area contributed by atoms with E-state index in [9.17, 15) is 19.2 Å². The molecule has 8 nitrogen and oxygen atoms in total. The number of rotatable bonds is 10. The molecule has 1 aromatic heterocycles. The van der Waals surface area contributed by atoms with Crippen molar-refractivity contribution in [2.24, 2.45) is 0 Å². The quantitative estimate of drug-likeness (QED) is 0.346. The molecule has 3 rings (SSSR count). The first-order valence-corrected chi connectivity index (χ1v) is 13.3. The molecule has 4 amide bonds. The Kier molecular flexibility index (Phi) is 9.41. The second-order valence-electron chi connectivity index (χ2n) is 9.69. The molecule has 1 heterocycles. The van der Waals surface area contributed by atoms with Crippen LogP contribution in [0.25, 0.3) is 0 Å². The standard InChI is InChI=1S/C29H34N4O4S/c1-6-29(4,5)32-28(37)26(21-11-9-19(2)10-12-21)33(23-15-13-22(14-16-23)31-20(3)34)25(35)18-30-27(36)24-8-7-17-38-24/h7-17,26H,6,18H2,1-5H3,(H,30,36)(H,31,34)(H,32,37)/t26-/m0/s1. The third kappa shape index (κ3) is 7.52. The second kappa shape index (κ2) is 12.5. The Hall–Kier alpha value is -3.98. The van der Waals surface area contributed by atoms with Gasteiger partial charge in [-0.1, -0.05) is 42.8 Å². The highest BCUT2D eigenvalue weighted by atomic mass is 32.1. The van der Waals surface area contributed by atoms with E-state index < -0.39 is 17.5 Å². The molecule has 0 radical (unpaired) electrons. The highest BCUT2D eigenvalue weighted by Gasteiger charge is 2.35. The predicted octanol–water partition coefficient (Wildman–Crippen LogP) is 4.82. The van der Waals surface area contributed by atoms with E-state index in [2.05, 4.69) is 16.0 Å². The molecule has 0 bridgehead atoms. The van der Waals surface area contributed by atoms with Crippen molar-refractivity contribution in [3.05, 3.63) is 82.0 Å². The molecule has 0 saturated heterocycles. The van der Waals surface area contributed by atoms with Gasteiger partial charge in [-0.15, -0.1) is 11.3 Å². The van der Waals surface area contributed by atoms with Crippen LogP contribution < -0.4 is 20.9 Å². The molecule has 1 atom stereocenters. The zero-order chi connectivity index (χ0) is 27.9. The number of aryl methyl sites for hydroxylation is 1. The van der Waals surface area contributed by atoms with Gasteiger partial charge in [0.25, 0.3) is 5.91 Å². The fraction of sp³-hybridized carbons (Fsp3) is 0.310. The number of thiophene rings is 1. The summed E-state index contributed by atoms with van der Waals surface area (Å²) in [6.45, 7) is 8.87. The molecule has 0 unspecified atom stereocenters. The number of nitrogens with zero attached hydrogens (tertiary/aromatic N) is 1. The van der Waals surface area contributed by atoms with Crippen LogP contribution in [0.4, 0.5) is 11.4 Å². The van der Waals surface area contributed by atoms with E-state index in [1.54, 1.807) is 41.8 Å². The van der Waals surface area contributed by atoms with E-state index in [1.165, 1.54) is 23.2 Å². The maximum Gasteiger partial charge on any atom is 0.261 e. The summed E-state index contributed by atoms with van der Waals surface area (Å²) in [5.41, 5.74) is 2.15. The summed E-state index contributed by atoms with van der Waals surface area (Å²) in [6.07, 6.45) is 0.690. The van der Waals surface area contributed by atoms with Gasteiger partial charge in [-0.3, -0.25) is 24.1 Å². The van der Waals surface area contributed by atoms with Crippen LogP contribution >= 0.6 is 11.3 Å². The smallest absolute Gasteiger partial charge is 0.261 e. The van der Waals surface area contributed by atoms with Crippen LogP contribution in [0, 0.1) is 6.92 Å². The number of carbonyl (C=O) groups is 4. The number of amides is 4. The average molecular weight is 535 g/mol. The molecule has 9 heteroatoms. The molecule has 200 valence electrons. The van der Waals surface area contributed by atoms with Crippen LogP contribution in [0.1, 0.15) is 61.0 Å². The Morgan fingerprint density at radius 3 is 2.18 bits per heavy atom. The van der Waals surface area contributed by atoms with Crippen LogP contribution in [0.5, 0.6) is 0 Å². The van der Waals surface area contributed by atoms with Crippen molar-refractivity contribution >= 4 is 46.3 Å². The minimum absolute atomic E-state index is 0.222. The Bertz CT molecular complexity index is 1270. The van der Waals surface area contributed by atoms with Crippen molar-refractivity contribution in [2.75, 3.05) is 16.8 Å². The molecule has 2 aromatic carbocycles. The second-order valence-corrected chi connectivity index (χ2v) is 10.6. The van der Waals surface area contributed by atoms with Gasteiger partial charge < -0.3 is 16.0 Å².